The molecule has 14 nitrogen and oxygen atoms in total. The Balaban J connectivity index is 1.75. The van der Waals surface area contributed by atoms with E-state index in [1.807, 2.05) is 6.07 Å². The van der Waals surface area contributed by atoms with E-state index < -0.39 is 67.5 Å². The molecule has 1 saturated heterocycles. The van der Waals surface area contributed by atoms with E-state index in [4.69, 9.17) is 29.0 Å². The fourth-order valence-electron chi connectivity index (χ4n) is 4.86. The molecular formula is C29H35FN5O9P. The van der Waals surface area contributed by atoms with Crippen molar-refractivity contribution in [3.05, 3.63) is 60.2 Å². The maximum Gasteiger partial charge on any atom is 0.459 e. The number of nitriles is 1. The number of fused-ring (bicyclic) bond motifs is 1. The van der Waals surface area contributed by atoms with E-state index in [0.29, 0.717) is 0 Å². The lowest BCUT2D eigenvalue weighted by molar-refractivity contribution is -0.168. The third-order valence-electron chi connectivity index (χ3n) is 7.17. The Morgan fingerprint density at radius 1 is 1.27 bits per heavy atom. The number of ether oxygens (including phenoxy) is 3. The molecule has 45 heavy (non-hydrogen) atoms. The van der Waals surface area contributed by atoms with Crippen LogP contribution in [0.1, 0.15) is 40.3 Å². The van der Waals surface area contributed by atoms with Crippen molar-refractivity contribution < 1.29 is 46.9 Å². The number of carbonyl (C=O) groups excluding carboxylic acids is 2. The Morgan fingerprint density at radius 2 is 1.96 bits per heavy atom. The van der Waals surface area contributed by atoms with Crippen molar-refractivity contribution in [2.75, 3.05) is 18.9 Å². The lowest BCUT2D eigenvalue weighted by Gasteiger charge is -2.34. The highest BCUT2D eigenvalue weighted by Crippen LogP contribution is 2.51. The minimum atomic E-state index is -4.44. The Labute approximate surface area is 258 Å². The van der Waals surface area contributed by atoms with Crippen molar-refractivity contribution in [1.29, 1.82) is 5.26 Å². The summed E-state index contributed by atoms with van der Waals surface area (Å²) in [5.74, 6) is -2.88. The van der Waals surface area contributed by atoms with Gasteiger partial charge in [-0.25, -0.2) is 13.5 Å². The van der Waals surface area contributed by atoms with Crippen LogP contribution in [0.25, 0.3) is 5.52 Å². The van der Waals surface area contributed by atoms with Gasteiger partial charge in [0.05, 0.1) is 30.5 Å². The lowest BCUT2D eigenvalue weighted by Crippen LogP contribution is -2.54. The number of para-hydroxylation sites is 1. The topological polar surface area (TPSA) is 197 Å². The fourth-order valence-corrected chi connectivity index (χ4v) is 6.36. The number of hydrogen-bond acceptors (Lipinski definition) is 12. The number of nitrogen functional groups attached to an aromatic ring is 1. The van der Waals surface area contributed by atoms with Crippen molar-refractivity contribution in [2.45, 2.75) is 64.1 Å². The zero-order chi connectivity index (χ0) is 33.2. The largest absolute Gasteiger partial charge is 0.465 e. The molecule has 4 rings (SSSR count). The Bertz CT molecular complexity index is 1640. The molecule has 0 saturated carbocycles. The Kier molecular flexibility index (Phi) is 9.86. The maximum atomic E-state index is 15.1. The number of aliphatic hydroxyl groups is 1. The molecule has 242 valence electrons. The van der Waals surface area contributed by atoms with E-state index in [2.05, 4.69) is 10.2 Å². The molecule has 3 heterocycles. The lowest BCUT2D eigenvalue weighted by atomic mass is 9.80. The van der Waals surface area contributed by atoms with Gasteiger partial charge >= 0.3 is 19.7 Å². The summed E-state index contributed by atoms with van der Waals surface area (Å²) in [6, 6.07) is 11.0. The molecule has 0 radical (unpaired) electrons. The van der Waals surface area contributed by atoms with Crippen LogP contribution in [-0.4, -0.2) is 63.7 Å². The molecule has 0 bridgehead atoms. The number of halogens is 1. The first kappa shape index (κ1) is 33.8. The Hall–Kier alpha value is -4.06. The quantitative estimate of drug-likeness (QED) is 0.192. The average Bonchev–Trinajstić information content (AvgIpc) is 3.44. The van der Waals surface area contributed by atoms with E-state index in [1.165, 1.54) is 38.2 Å². The van der Waals surface area contributed by atoms with Crippen LogP contribution >= 0.6 is 7.75 Å². The smallest absolute Gasteiger partial charge is 0.459 e. The first-order valence-electron chi connectivity index (χ1n) is 14.1. The van der Waals surface area contributed by atoms with Crippen molar-refractivity contribution in [2.24, 2.45) is 5.92 Å². The number of benzene rings is 1. The third kappa shape index (κ3) is 6.51. The molecule has 1 fully saturated rings. The molecule has 0 spiro atoms. The van der Waals surface area contributed by atoms with Gasteiger partial charge in [-0.15, -0.1) is 0 Å². The predicted octanol–water partition coefficient (Wildman–Crippen LogP) is 3.24. The molecule has 1 aliphatic heterocycles. The van der Waals surface area contributed by atoms with Crippen molar-refractivity contribution in [3.8, 4) is 11.8 Å². The van der Waals surface area contributed by atoms with Gasteiger partial charge < -0.3 is 29.6 Å². The second kappa shape index (κ2) is 13.1. The van der Waals surface area contributed by atoms with Crippen LogP contribution in [0.2, 0.25) is 0 Å². The maximum absolute atomic E-state index is 15.1. The molecule has 16 heteroatoms. The second-order valence-electron chi connectivity index (χ2n) is 10.8. The third-order valence-corrected chi connectivity index (χ3v) is 8.82. The van der Waals surface area contributed by atoms with Gasteiger partial charge in [0.15, 0.2) is 11.9 Å². The zero-order valence-corrected chi connectivity index (χ0v) is 26.2. The summed E-state index contributed by atoms with van der Waals surface area (Å²) in [6.07, 6.45) is -1.83. The summed E-state index contributed by atoms with van der Waals surface area (Å²) in [5.41, 5.74) is 0.767. The predicted molar refractivity (Wildman–Crippen MR) is 157 cm³/mol. The highest BCUT2D eigenvalue weighted by Gasteiger charge is 2.68. The van der Waals surface area contributed by atoms with E-state index in [9.17, 15) is 24.5 Å². The molecule has 4 N–H and O–H groups in total. The molecule has 0 unspecified atom stereocenters. The standard InChI is InChI=1S/C29H35FN5O9P/c1-6-40-27(37)18(4)34-45(39,44-19-10-8-7-9-11-19)41-15-22-25(42-26(36)17(2)3)28(5,38)29(16-31,43-22)23-14-20(30)24-21(32)12-13-33-35(23)24/h7-14,17-18,22,25,38H,6,15,32H2,1-5H3,(H,34,39)/t18-,22+,25+,28+,29-,45-/m0/s1. The number of nitrogens with one attached hydrogen (secondary N) is 1. The zero-order valence-electron chi connectivity index (χ0n) is 25.3. The van der Waals surface area contributed by atoms with E-state index in [-0.39, 0.29) is 29.3 Å². The van der Waals surface area contributed by atoms with E-state index >= 15 is 4.39 Å². The van der Waals surface area contributed by atoms with Gasteiger partial charge in [0.2, 0.25) is 5.60 Å². The molecule has 0 amide bonds. The number of esters is 2. The monoisotopic (exact) mass is 647 g/mol. The molecule has 2 aromatic heterocycles. The van der Waals surface area contributed by atoms with Gasteiger partial charge in [0.25, 0.3) is 0 Å². The highest BCUT2D eigenvalue weighted by atomic mass is 31.2. The van der Waals surface area contributed by atoms with Crippen molar-refractivity contribution in [1.82, 2.24) is 14.7 Å². The number of hydrogen-bond donors (Lipinski definition) is 3. The molecule has 1 aromatic carbocycles. The fraction of sp³-hybridized carbons (Fsp3) is 0.448. The number of rotatable bonds is 12. The normalized spacial score (nSPS) is 25.0. The summed E-state index contributed by atoms with van der Waals surface area (Å²) >= 11 is 0. The number of anilines is 1. The van der Waals surface area contributed by atoms with Crippen molar-refractivity contribution in [3.63, 3.8) is 0 Å². The first-order chi connectivity index (χ1) is 21.2. The van der Waals surface area contributed by atoms with Gasteiger partial charge in [-0.2, -0.15) is 15.4 Å². The Morgan fingerprint density at radius 3 is 2.58 bits per heavy atom. The molecule has 0 aliphatic carbocycles. The minimum Gasteiger partial charge on any atom is -0.465 e. The first-order valence-corrected chi connectivity index (χ1v) is 15.6. The minimum absolute atomic E-state index is 0.00272. The average molecular weight is 648 g/mol. The van der Waals surface area contributed by atoms with Gasteiger partial charge in [-0.05, 0) is 39.0 Å². The number of nitrogens with two attached hydrogens (primary N) is 1. The molecule has 3 aromatic rings. The number of carbonyl (C=O) groups is 2. The van der Waals surface area contributed by atoms with Crippen LogP contribution in [0, 0.1) is 23.1 Å². The van der Waals surface area contributed by atoms with Gasteiger partial charge in [0.1, 0.15) is 35.1 Å². The molecule has 6 atom stereocenters. The van der Waals surface area contributed by atoms with Crippen LogP contribution in [0.15, 0.2) is 48.7 Å². The van der Waals surface area contributed by atoms with Gasteiger partial charge in [-0.3, -0.25) is 14.1 Å². The van der Waals surface area contributed by atoms with Gasteiger partial charge in [-0.1, -0.05) is 32.0 Å². The summed E-state index contributed by atoms with van der Waals surface area (Å²) in [4.78, 5) is 25.2. The highest BCUT2D eigenvalue weighted by molar-refractivity contribution is 7.52. The molecular weight excluding hydrogens is 612 g/mol. The molecule has 1 aliphatic rings. The number of nitrogens with zero attached hydrogens (tertiary/aromatic N) is 3. The summed E-state index contributed by atoms with van der Waals surface area (Å²) in [5, 5.41) is 29.1. The summed E-state index contributed by atoms with van der Waals surface area (Å²) in [7, 11) is -4.44. The van der Waals surface area contributed by atoms with Crippen LogP contribution in [0.3, 0.4) is 0 Å². The van der Waals surface area contributed by atoms with Crippen molar-refractivity contribution >= 4 is 30.9 Å². The summed E-state index contributed by atoms with van der Waals surface area (Å²) < 4.78 is 58.3. The van der Waals surface area contributed by atoms with E-state index in [0.717, 1.165) is 10.6 Å². The van der Waals surface area contributed by atoms with Crippen LogP contribution in [0.5, 0.6) is 5.75 Å². The van der Waals surface area contributed by atoms with E-state index in [1.54, 1.807) is 39.0 Å². The van der Waals surface area contributed by atoms with Crippen LogP contribution in [0.4, 0.5) is 10.1 Å². The van der Waals surface area contributed by atoms with Crippen LogP contribution < -0.4 is 15.3 Å². The SMILES string of the molecule is CCOC(=O)[C@H](C)N[P@](=O)(OC[C@H]1O[C@@](C#N)(c2cc(F)c3c(N)ccnn23)[C@](C)(O)[C@@H]1OC(=O)C(C)C)Oc1ccccc1. The summed E-state index contributed by atoms with van der Waals surface area (Å²) in [6.45, 7) is 6.65. The van der Waals surface area contributed by atoms with Crippen LogP contribution in [-0.2, 0) is 38.5 Å². The number of aromatic nitrogens is 2. The van der Waals surface area contributed by atoms with Gasteiger partial charge in [0, 0.05) is 12.3 Å². The second-order valence-corrected chi connectivity index (χ2v) is 12.5.